The molecule has 1 N–H and O–H groups in total. The van der Waals surface area contributed by atoms with Crippen molar-refractivity contribution in [2.24, 2.45) is 0 Å². The molecule has 2 aliphatic rings. The van der Waals surface area contributed by atoms with Crippen LogP contribution in [0.4, 0.5) is 14.5 Å². The molecule has 0 aromatic heterocycles. The van der Waals surface area contributed by atoms with Crippen molar-refractivity contribution in [3.63, 3.8) is 0 Å². The van der Waals surface area contributed by atoms with E-state index in [2.05, 4.69) is 41.7 Å². The van der Waals surface area contributed by atoms with Crippen LogP contribution in [0.1, 0.15) is 43.1 Å². The maximum Gasteiger partial charge on any atom is 0.459 e. The fourth-order valence-electron chi connectivity index (χ4n) is 4.76. The lowest BCUT2D eigenvalue weighted by Crippen LogP contribution is -2.35. The van der Waals surface area contributed by atoms with Crippen molar-refractivity contribution in [3.05, 3.63) is 83.9 Å². The zero-order chi connectivity index (χ0) is 22.7. The number of fused-ring (bicyclic) bond motifs is 5. The third kappa shape index (κ3) is 3.66. The van der Waals surface area contributed by atoms with Crippen LogP contribution in [0.2, 0.25) is 0 Å². The number of hydrogen-bond donors (Lipinski definition) is 1. The van der Waals surface area contributed by atoms with Crippen LogP contribution in [0.15, 0.2) is 67.2 Å². The summed E-state index contributed by atoms with van der Waals surface area (Å²) in [7, 11) is 0. The normalized spacial score (nSPS) is 18.5. The van der Waals surface area contributed by atoms with Crippen molar-refractivity contribution in [2.75, 3.05) is 5.32 Å². The summed E-state index contributed by atoms with van der Waals surface area (Å²) in [4.78, 5) is 0. The second-order valence-electron chi connectivity index (χ2n) is 8.82. The predicted molar refractivity (Wildman–Crippen MR) is 127 cm³/mol. The molecule has 0 bridgehead atoms. The molecule has 0 spiro atoms. The van der Waals surface area contributed by atoms with Gasteiger partial charge in [0.25, 0.3) is 0 Å². The van der Waals surface area contributed by atoms with Crippen LogP contribution in [-0.2, 0) is 0 Å². The minimum atomic E-state index is -3.50. The van der Waals surface area contributed by atoms with Gasteiger partial charge in [-0.15, -0.1) is 0 Å². The first-order valence-corrected chi connectivity index (χ1v) is 11.2. The molecule has 0 aliphatic carbocycles. The summed E-state index contributed by atoms with van der Waals surface area (Å²) in [5.41, 5.74) is 5.97. The molecule has 3 aromatic rings. The third-order valence-electron chi connectivity index (χ3n) is 5.82. The molecular weight excluding hydrogens is 476 g/mol. The third-order valence-corrected chi connectivity index (χ3v) is 5.98. The Morgan fingerprint density at radius 2 is 1.81 bits per heavy atom. The van der Waals surface area contributed by atoms with Gasteiger partial charge in [-0.05, 0) is 55.2 Å². The predicted octanol–water partition coefficient (Wildman–Crippen LogP) is 7.77. The fourth-order valence-corrected chi connectivity index (χ4v) is 4.93. The number of alkyl halides is 3. The van der Waals surface area contributed by atoms with Crippen molar-refractivity contribution >= 4 is 27.2 Å². The van der Waals surface area contributed by atoms with Crippen LogP contribution >= 0.6 is 15.9 Å². The van der Waals surface area contributed by atoms with Crippen molar-refractivity contribution in [1.82, 2.24) is 0 Å². The average molecular weight is 498 g/mol. The Labute approximate surface area is 194 Å². The number of rotatable bonds is 3. The number of nitrogens with one attached hydrogen (secondary N) is 1. The van der Waals surface area contributed by atoms with Crippen LogP contribution in [0.3, 0.4) is 0 Å². The van der Waals surface area contributed by atoms with E-state index in [-0.39, 0.29) is 11.3 Å². The van der Waals surface area contributed by atoms with Gasteiger partial charge in [0.15, 0.2) is 6.10 Å². The van der Waals surface area contributed by atoms with Gasteiger partial charge in [-0.25, -0.2) is 0 Å². The number of anilines is 1. The molecule has 6 heteroatoms. The van der Waals surface area contributed by atoms with Crippen LogP contribution in [-0.4, -0.2) is 10.6 Å². The minimum absolute atomic E-state index is 0.0480. The smallest absolute Gasteiger partial charge is 0.459 e. The first-order valence-electron chi connectivity index (χ1n) is 10.4. The van der Waals surface area contributed by atoms with Gasteiger partial charge in [0, 0.05) is 38.3 Å². The van der Waals surface area contributed by atoms with Gasteiger partial charge < -0.3 is 14.8 Å². The van der Waals surface area contributed by atoms with Crippen LogP contribution < -0.4 is 14.8 Å². The van der Waals surface area contributed by atoms with Gasteiger partial charge in [0.05, 0.1) is 5.56 Å². The van der Waals surface area contributed by atoms with Gasteiger partial charge >= 0.3 is 5.02 Å². The van der Waals surface area contributed by atoms with Gasteiger partial charge in [-0.1, -0.05) is 49.0 Å². The molecule has 32 heavy (non-hydrogen) atoms. The summed E-state index contributed by atoms with van der Waals surface area (Å²) < 4.78 is 38.9. The average Bonchev–Trinajstić information content (AvgIpc) is 2.71. The second-order valence-corrected chi connectivity index (χ2v) is 9.75. The van der Waals surface area contributed by atoms with E-state index in [1.165, 1.54) is 6.07 Å². The molecule has 1 atom stereocenters. The minimum Gasteiger partial charge on any atom is -0.480 e. The van der Waals surface area contributed by atoms with E-state index in [4.69, 9.17) is 9.47 Å². The topological polar surface area (TPSA) is 30.5 Å². The Morgan fingerprint density at radius 1 is 1.06 bits per heavy atom. The van der Waals surface area contributed by atoms with E-state index < -0.39 is 11.1 Å². The Hall–Kier alpha value is -2.86. The molecule has 164 valence electrons. The summed E-state index contributed by atoms with van der Waals surface area (Å²) in [6, 6.07) is 18.8. The molecule has 2 aliphatic heterocycles. The molecule has 0 saturated carbocycles. The largest absolute Gasteiger partial charge is 0.480 e. The number of hydrogen-bond acceptors (Lipinski definition) is 3. The maximum atomic E-state index is 13.7. The number of ether oxygens (including phenoxy) is 2. The Kier molecular flexibility index (Phi) is 4.82. The van der Waals surface area contributed by atoms with Crippen molar-refractivity contribution in [2.45, 2.75) is 36.9 Å². The first kappa shape index (κ1) is 21.0. The van der Waals surface area contributed by atoms with Gasteiger partial charge in [0.1, 0.15) is 11.5 Å². The zero-order valence-corrected chi connectivity index (χ0v) is 19.3. The lowest BCUT2D eigenvalue weighted by atomic mass is 9.78. The SMILES string of the molecule is C=C1CC(C)(C)Nc2ccc3c(c21)C(c1ccccc1)Oc1cccc(OC(F)(F)Br)c1-3. The van der Waals surface area contributed by atoms with Crippen LogP contribution in [0.25, 0.3) is 16.7 Å². The summed E-state index contributed by atoms with van der Waals surface area (Å²) in [5.74, 6) is 0.544. The summed E-state index contributed by atoms with van der Waals surface area (Å²) in [5, 5.41) is 0.0924. The van der Waals surface area contributed by atoms with E-state index in [9.17, 15) is 8.78 Å². The van der Waals surface area contributed by atoms with E-state index in [0.29, 0.717) is 11.3 Å². The van der Waals surface area contributed by atoms with E-state index in [1.54, 1.807) is 12.1 Å². The number of halogens is 3. The van der Waals surface area contributed by atoms with Crippen molar-refractivity contribution < 1.29 is 18.3 Å². The highest BCUT2D eigenvalue weighted by molar-refractivity contribution is 9.09. The van der Waals surface area contributed by atoms with Gasteiger partial charge in [0.2, 0.25) is 0 Å². The lowest BCUT2D eigenvalue weighted by Gasteiger charge is -2.39. The van der Waals surface area contributed by atoms with E-state index >= 15 is 0 Å². The van der Waals surface area contributed by atoms with Gasteiger partial charge in [-0.3, -0.25) is 0 Å². The van der Waals surface area contributed by atoms with Crippen LogP contribution in [0, 0.1) is 0 Å². The quantitative estimate of drug-likeness (QED) is 0.375. The van der Waals surface area contributed by atoms with Crippen molar-refractivity contribution in [1.29, 1.82) is 0 Å². The summed E-state index contributed by atoms with van der Waals surface area (Å²) in [6.45, 7) is 8.63. The zero-order valence-electron chi connectivity index (χ0n) is 17.7. The van der Waals surface area contributed by atoms with Crippen LogP contribution in [0.5, 0.6) is 11.5 Å². The number of benzene rings is 3. The Balaban J connectivity index is 1.79. The van der Waals surface area contributed by atoms with Gasteiger partial charge in [-0.2, -0.15) is 8.78 Å². The summed E-state index contributed by atoms with van der Waals surface area (Å²) in [6.07, 6.45) is 0.343. The molecule has 1 unspecified atom stereocenters. The Morgan fingerprint density at radius 3 is 2.53 bits per heavy atom. The maximum absolute atomic E-state index is 13.7. The Bertz CT molecular complexity index is 1220. The summed E-state index contributed by atoms with van der Waals surface area (Å²) >= 11 is 2.29. The molecular formula is C26H22BrF2NO2. The van der Waals surface area contributed by atoms with E-state index in [1.807, 2.05) is 42.5 Å². The fraction of sp³-hybridized carbons (Fsp3) is 0.231. The van der Waals surface area contributed by atoms with Crippen molar-refractivity contribution in [3.8, 4) is 22.6 Å². The molecule has 0 amide bonds. The first-order chi connectivity index (χ1) is 15.1. The second kappa shape index (κ2) is 7.34. The highest BCUT2D eigenvalue weighted by Crippen LogP contribution is 2.54. The molecule has 3 aromatic carbocycles. The van der Waals surface area contributed by atoms with E-state index in [0.717, 1.165) is 39.9 Å². The molecule has 0 saturated heterocycles. The highest BCUT2D eigenvalue weighted by atomic mass is 79.9. The monoisotopic (exact) mass is 497 g/mol. The molecule has 2 heterocycles. The molecule has 3 nitrogen and oxygen atoms in total. The standard InChI is InChI=1S/C26H22BrF2NO2/c1-15-14-25(2,3)30-18-13-12-17-22-19(10-7-11-20(22)32-26(27,28)29)31-24(23(17)21(15)18)16-8-5-4-6-9-16/h4-13,24,30H,1,14H2,2-3H3. The molecule has 5 rings (SSSR count). The highest BCUT2D eigenvalue weighted by Gasteiger charge is 2.38. The molecule has 0 fully saturated rings. The molecule has 0 radical (unpaired) electrons. The lowest BCUT2D eigenvalue weighted by molar-refractivity contribution is -0.0800.